The molecule has 0 radical (unpaired) electrons. The summed E-state index contributed by atoms with van der Waals surface area (Å²) in [6.07, 6.45) is 1.82. The van der Waals surface area contributed by atoms with Crippen molar-refractivity contribution in [1.82, 2.24) is 29.7 Å². The molecule has 16 heteroatoms. The molecule has 1 aliphatic carbocycles. The number of amides is 1. The van der Waals surface area contributed by atoms with E-state index in [0.717, 1.165) is 25.7 Å². The van der Waals surface area contributed by atoms with E-state index in [0.29, 0.717) is 16.9 Å². The largest absolute Gasteiger partial charge is 0.394 e. The number of aliphatic hydroxyl groups is 3. The SMILES string of the molecule is O=C(Nc1cn[nH]c1-c1nc(NC2CCCC2)c2ncn([C@@H]3O[C@H](CO)C(O)C3O)c2n1)S(=O)(=O)Cc1ccccc1. The average Bonchev–Trinajstić information content (AvgIpc) is 3.78. The quantitative estimate of drug-likeness (QED) is 0.169. The number of hydrogen-bond donors (Lipinski definition) is 6. The van der Waals surface area contributed by atoms with Crippen LogP contribution in [0.25, 0.3) is 22.7 Å². The summed E-state index contributed by atoms with van der Waals surface area (Å²) < 4.78 is 32.7. The van der Waals surface area contributed by atoms with Crippen molar-refractivity contribution in [2.45, 2.75) is 62.0 Å². The molecule has 1 saturated heterocycles. The summed E-state index contributed by atoms with van der Waals surface area (Å²) in [5.74, 6) is -0.0327. The number of rotatable bonds is 8. The Morgan fingerprint density at radius 1 is 1.12 bits per heavy atom. The number of carbonyl (C=O) groups excluding carboxylic acids is 1. The highest BCUT2D eigenvalue weighted by molar-refractivity contribution is 8.05. The van der Waals surface area contributed by atoms with E-state index in [4.69, 9.17) is 4.74 Å². The van der Waals surface area contributed by atoms with Crippen LogP contribution in [-0.2, 0) is 20.3 Å². The first-order chi connectivity index (χ1) is 20.2. The Labute approximate surface area is 239 Å². The molecule has 6 N–H and O–H groups in total. The molecule has 2 aliphatic rings. The molecular formula is C26H30N8O7S. The summed E-state index contributed by atoms with van der Waals surface area (Å²) in [6.45, 7) is -0.500. The molecule has 0 bridgehead atoms. The van der Waals surface area contributed by atoms with Crippen molar-refractivity contribution in [3.05, 3.63) is 48.4 Å². The van der Waals surface area contributed by atoms with Gasteiger partial charge in [0.2, 0.25) is 9.84 Å². The van der Waals surface area contributed by atoms with Gasteiger partial charge in [0, 0.05) is 6.04 Å². The van der Waals surface area contributed by atoms with E-state index in [-0.39, 0.29) is 28.9 Å². The van der Waals surface area contributed by atoms with Gasteiger partial charge in [0.15, 0.2) is 29.0 Å². The smallest absolute Gasteiger partial charge is 0.341 e. The maximum atomic E-state index is 12.8. The second-order valence-corrected chi connectivity index (χ2v) is 12.3. The molecule has 4 atom stereocenters. The standard InChI is InChI=1S/C26H30N8O7S/c35-11-17-20(36)21(37)25(41-17)34-13-27-19-23(29-15-8-4-5-9-15)31-22(32-24(19)34)18-16(10-28-33-18)30-26(38)42(39,40)12-14-6-2-1-3-7-14/h1-3,6-7,10,13,15,17,20-21,25,35-37H,4-5,8-9,11-12H2,(H,28,33)(H,30,38)(H,29,31,32)/t17-,20?,21?,25-/m1/s1. The van der Waals surface area contributed by atoms with Crippen molar-refractivity contribution in [3.8, 4) is 11.5 Å². The highest BCUT2D eigenvalue weighted by Crippen LogP contribution is 2.35. The van der Waals surface area contributed by atoms with Gasteiger partial charge in [-0.05, 0) is 18.4 Å². The van der Waals surface area contributed by atoms with Gasteiger partial charge in [0.1, 0.15) is 24.0 Å². The van der Waals surface area contributed by atoms with E-state index in [1.54, 1.807) is 30.3 Å². The lowest BCUT2D eigenvalue weighted by atomic mass is 10.1. The minimum atomic E-state index is -4.22. The molecule has 1 saturated carbocycles. The summed E-state index contributed by atoms with van der Waals surface area (Å²) in [7, 11) is -4.22. The van der Waals surface area contributed by atoms with Crippen LogP contribution < -0.4 is 10.6 Å². The van der Waals surface area contributed by atoms with Gasteiger partial charge < -0.3 is 30.7 Å². The van der Waals surface area contributed by atoms with Gasteiger partial charge in [-0.15, -0.1) is 0 Å². The van der Waals surface area contributed by atoms with Crippen molar-refractivity contribution in [1.29, 1.82) is 0 Å². The minimum Gasteiger partial charge on any atom is -0.394 e. The fourth-order valence-corrected chi connectivity index (χ4v) is 6.31. The van der Waals surface area contributed by atoms with Crippen molar-refractivity contribution < 1.29 is 33.3 Å². The van der Waals surface area contributed by atoms with Gasteiger partial charge >= 0.3 is 5.24 Å². The molecule has 2 fully saturated rings. The number of benzene rings is 1. The van der Waals surface area contributed by atoms with Crippen LogP contribution in [0.5, 0.6) is 0 Å². The number of aromatic amines is 1. The Morgan fingerprint density at radius 3 is 2.60 bits per heavy atom. The minimum absolute atomic E-state index is 0.0433. The summed E-state index contributed by atoms with van der Waals surface area (Å²) in [4.78, 5) is 26.5. The molecule has 1 aliphatic heterocycles. The zero-order chi connectivity index (χ0) is 29.4. The van der Waals surface area contributed by atoms with Crippen molar-refractivity contribution in [3.63, 3.8) is 0 Å². The van der Waals surface area contributed by atoms with E-state index in [1.807, 2.05) is 0 Å². The first-order valence-corrected chi connectivity index (χ1v) is 15.2. The number of aliphatic hydroxyl groups excluding tert-OH is 3. The molecule has 42 heavy (non-hydrogen) atoms. The summed E-state index contributed by atoms with van der Waals surface area (Å²) in [5.41, 5.74) is 1.26. The first kappa shape index (κ1) is 28.2. The normalized spacial score (nSPS) is 23.0. The molecule has 6 rings (SSSR count). The Bertz CT molecular complexity index is 1690. The van der Waals surface area contributed by atoms with E-state index in [1.165, 1.54) is 17.1 Å². The Morgan fingerprint density at radius 2 is 1.88 bits per heavy atom. The molecule has 2 unspecified atom stereocenters. The van der Waals surface area contributed by atoms with Crippen LogP contribution in [0.15, 0.2) is 42.9 Å². The number of aromatic nitrogens is 6. The summed E-state index contributed by atoms with van der Waals surface area (Å²) >= 11 is 0. The Hall–Kier alpha value is -3.96. The maximum Gasteiger partial charge on any atom is 0.341 e. The number of hydrogen-bond acceptors (Lipinski definition) is 12. The molecule has 1 aromatic carbocycles. The van der Waals surface area contributed by atoms with Gasteiger partial charge in [0.25, 0.3) is 0 Å². The van der Waals surface area contributed by atoms with Crippen LogP contribution in [0.3, 0.4) is 0 Å². The van der Waals surface area contributed by atoms with Crippen LogP contribution in [0.4, 0.5) is 16.3 Å². The predicted octanol–water partition coefficient (Wildman–Crippen LogP) is 1.33. The molecule has 0 spiro atoms. The number of fused-ring (bicyclic) bond motifs is 1. The maximum absolute atomic E-state index is 12.8. The van der Waals surface area contributed by atoms with E-state index < -0.39 is 52.0 Å². The fraction of sp³-hybridized carbons (Fsp3) is 0.423. The molecule has 1 amide bonds. The lowest BCUT2D eigenvalue weighted by Gasteiger charge is -2.18. The highest BCUT2D eigenvalue weighted by atomic mass is 32.2. The summed E-state index contributed by atoms with van der Waals surface area (Å²) in [6, 6.07) is 8.50. The van der Waals surface area contributed by atoms with Gasteiger partial charge in [-0.25, -0.2) is 23.4 Å². The lowest BCUT2D eigenvalue weighted by Crippen LogP contribution is -2.33. The molecule has 3 aromatic heterocycles. The summed E-state index contributed by atoms with van der Waals surface area (Å²) in [5, 5.41) is 41.8. The van der Waals surface area contributed by atoms with Crippen molar-refractivity contribution in [2.75, 3.05) is 17.2 Å². The number of ether oxygens (including phenoxy) is 1. The number of nitrogens with one attached hydrogen (secondary N) is 3. The number of imidazole rings is 1. The molecular weight excluding hydrogens is 568 g/mol. The predicted molar refractivity (Wildman–Crippen MR) is 150 cm³/mol. The van der Waals surface area contributed by atoms with E-state index in [2.05, 4.69) is 35.8 Å². The van der Waals surface area contributed by atoms with E-state index >= 15 is 0 Å². The lowest BCUT2D eigenvalue weighted by molar-refractivity contribution is -0.0511. The monoisotopic (exact) mass is 598 g/mol. The average molecular weight is 599 g/mol. The third-order valence-corrected chi connectivity index (χ3v) is 8.87. The van der Waals surface area contributed by atoms with Gasteiger partial charge in [-0.3, -0.25) is 14.5 Å². The highest BCUT2D eigenvalue weighted by Gasteiger charge is 2.44. The number of nitrogens with zero attached hydrogens (tertiary/aromatic N) is 5. The van der Waals surface area contributed by atoms with Crippen LogP contribution in [0.2, 0.25) is 0 Å². The zero-order valence-corrected chi connectivity index (χ0v) is 23.1. The molecule has 222 valence electrons. The number of H-pyrrole nitrogens is 1. The third-order valence-electron chi connectivity index (χ3n) is 7.49. The van der Waals surface area contributed by atoms with Crippen molar-refractivity contribution >= 4 is 37.7 Å². The number of sulfone groups is 1. The second-order valence-electron chi connectivity index (χ2n) is 10.4. The van der Waals surface area contributed by atoms with Crippen LogP contribution >= 0.6 is 0 Å². The van der Waals surface area contributed by atoms with Crippen LogP contribution in [0, 0.1) is 0 Å². The Kier molecular flexibility index (Phi) is 7.63. The van der Waals surface area contributed by atoms with Crippen LogP contribution in [0.1, 0.15) is 37.5 Å². The topological polar surface area (TPSA) is 217 Å². The Balaban J connectivity index is 1.36. The number of anilines is 2. The van der Waals surface area contributed by atoms with Gasteiger partial charge in [-0.1, -0.05) is 43.2 Å². The van der Waals surface area contributed by atoms with E-state index in [9.17, 15) is 28.5 Å². The second kappa shape index (κ2) is 11.4. The number of carbonyl (C=O) groups is 1. The van der Waals surface area contributed by atoms with Crippen molar-refractivity contribution in [2.24, 2.45) is 0 Å². The van der Waals surface area contributed by atoms with Gasteiger partial charge in [0.05, 0.1) is 30.6 Å². The molecule has 15 nitrogen and oxygen atoms in total. The first-order valence-electron chi connectivity index (χ1n) is 13.5. The van der Waals surface area contributed by atoms with Crippen LogP contribution in [-0.4, -0.2) is 89.7 Å². The fourth-order valence-electron chi connectivity index (χ4n) is 5.29. The zero-order valence-electron chi connectivity index (χ0n) is 22.3. The van der Waals surface area contributed by atoms with Gasteiger partial charge in [-0.2, -0.15) is 5.10 Å². The molecule has 4 heterocycles. The third kappa shape index (κ3) is 5.34. The molecule has 4 aromatic rings.